The fraction of sp³-hybridized carbons (Fsp3) is 0.0625. The standard InChI is InChI=1S/C16H10Cl4N4S/c1-8(9-2-5-12(18)14(20)6-9)23-24-15(21-22-16(24)25)11-4-3-10(17)7-13(11)19/h2-7H,1H3,(H,22,25). The molecule has 1 heterocycles. The van der Waals surface area contributed by atoms with Gasteiger partial charge in [-0.25, -0.2) is 5.10 Å². The number of halogens is 4. The molecular weight excluding hydrogens is 422 g/mol. The molecule has 0 bridgehead atoms. The maximum Gasteiger partial charge on any atom is 0.216 e. The van der Waals surface area contributed by atoms with Crippen LogP contribution in [0.1, 0.15) is 12.5 Å². The van der Waals surface area contributed by atoms with Crippen LogP contribution in [0.25, 0.3) is 11.4 Å². The van der Waals surface area contributed by atoms with E-state index >= 15 is 0 Å². The lowest BCUT2D eigenvalue weighted by atomic mass is 10.1. The maximum absolute atomic E-state index is 6.27. The van der Waals surface area contributed by atoms with E-state index in [1.807, 2.05) is 13.0 Å². The molecule has 0 aliphatic rings. The number of H-pyrrole nitrogens is 1. The van der Waals surface area contributed by atoms with E-state index in [2.05, 4.69) is 15.3 Å². The summed E-state index contributed by atoms with van der Waals surface area (Å²) in [6.45, 7) is 1.83. The molecule has 0 saturated heterocycles. The Morgan fingerprint density at radius 1 is 1.04 bits per heavy atom. The number of hydrogen-bond donors (Lipinski definition) is 1. The molecule has 0 aliphatic carbocycles. The molecule has 0 radical (unpaired) electrons. The summed E-state index contributed by atoms with van der Waals surface area (Å²) in [5.41, 5.74) is 2.15. The van der Waals surface area contributed by atoms with Crippen molar-refractivity contribution in [2.75, 3.05) is 0 Å². The highest BCUT2D eigenvalue weighted by Crippen LogP contribution is 2.29. The minimum Gasteiger partial charge on any atom is -0.250 e. The van der Waals surface area contributed by atoms with Gasteiger partial charge in [-0.15, -0.1) is 0 Å². The molecule has 0 aliphatic heterocycles. The van der Waals surface area contributed by atoms with Gasteiger partial charge in [-0.05, 0) is 55.0 Å². The van der Waals surface area contributed by atoms with Crippen molar-refractivity contribution in [2.24, 2.45) is 5.10 Å². The molecule has 1 N–H and O–H groups in total. The highest BCUT2D eigenvalue weighted by atomic mass is 35.5. The van der Waals surface area contributed by atoms with Crippen LogP contribution in [0, 0.1) is 4.77 Å². The van der Waals surface area contributed by atoms with Gasteiger partial charge in [0, 0.05) is 10.6 Å². The fourth-order valence-electron chi connectivity index (χ4n) is 2.16. The van der Waals surface area contributed by atoms with Crippen molar-refractivity contribution in [3.05, 3.63) is 66.8 Å². The van der Waals surface area contributed by atoms with Crippen molar-refractivity contribution in [3.63, 3.8) is 0 Å². The van der Waals surface area contributed by atoms with Crippen molar-refractivity contribution < 1.29 is 0 Å². The van der Waals surface area contributed by atoms with Crippen LogP contribution in [0.15, 0.2) is 41.5 Å². The summed E-state index contributed by atoms with van der Waals surface area (Å²) in [6.07, 6.45) is 0. The molecule has 1 aromatic heterocycles. The quantitative estimate of drug-likeness (QED) is 0.380. The number of rotatable bonds is 3. The number of hydrogen-bond acceptors (Lipinski definition) is 3. The Kier molecular flexibility index (Phi) is 5.51. The Balaban J connectivity index is 2.10. The van der Waals surface area contributed by atoms with E-state index in [4.69, 9.17) is 58.6 Å². The molecule has 3 rings (SSSR count). The summed E-state index contributed by atoms with van der Waals surface area (Å²) in [6, 6.07) is 10.4. The number of nitrogens with zero attached hydrogens (tertiary/aromatic N) is 3. The lowest BCUT2D eigenvalue weighted by Gasteiger charge is -2.07. The molecule has 0 spiro atoms. The Morgan fingerprint density at radius 3 is 2.48 bits per heavy atom. The third kappa shape index (κ3) is 3.91. The molecule has 4 nitrogen and oxygen atoms in total. The van der Waals surface area contributed by atoms with Crippen molar-refractivity contribution in [1.82, 2.24) is 14.9 Å². The first-order chi connectivity index (χ1) is 11.9. The van der Waals surface area contributed by atoms with Crippen molar-refractivity contribution in [2.45, 2.75) is 6.92 Å². The van der Waals surface area contributed by atoms with Crippen LogP contribution >= 0.6 is 58.6 Å². The molecule has 0 unspecified atom stereocenters. The second kappa shape index (κ2) is 7.48. The van der Waals surface area contributed by atoms with Gasteiger partial charge in [0.05, 0.1) is 20.8 Å². The van der Waals surface area contributed by atoms with Gasteiger partial charge < -0.3 is 0 Å². The topological polar surface area (TPSA) is 46.0 Å². The van der Waals surface area contributed by atoms with Gasteiger partial charge >= 0.3 is 0 Å². The summed E-state index contributed by atoms with van der Waals surface area (Å²) < 4.78 is 1.84. The Morgan fingerprint density at radius 2 is 1.80 bits per heavy atom. The average molecular weight is 432 g/mol. The summed E-state index contributed by atoms with van der Waals surface area (Å²) in [5, 5.41) is 13.4. The largest absolute Gasteiger partial charge is 0.250 e. The summed E-state index contributed by atoms with van der Waals surface area (Å²) >= 11 is 29.5. The Bertz CT molecular complexity index is 1040. The molecule has 0 atom stereocenters. The highest BCUT2D eigenvalue weighted by Gasteiger charge is 2.13. The zero-order valence-electron chi connectivity index (χ0n) is 12.7. The van der Waals surface area contributed by atoms with Crippen LogP contribution in [-0.4, -0.2) is 20.6 Å². The number of benzene rings is 2. The maximum atomic E-state index is 6.27. The zero-order chi connectivity index (χ0) is 18.1. The zero-order valence-corrected chi connectivity index (χ0v) is 16.6. The van der Waals surface area contributed by atoms with E-state index in [1.165, 1.54) is 4.68 Å². The molecule has 0 amide bonds. The monoisotopic (exact) mass is 430 g/mol. The molecule has 25 heavy (non-hydrogen) atoms. The first-order valence-electron chi connectivity index (χ1n) is 7.00. The van der Waals surface area contributed by atoms with Crippen LogP contribution in [0.5, 0.6) is 0 Å². The first kappa shape index (κ1) is 18.4. The molecule has 0 fully saturated rings. The van der Waals surface area contributed by atoms with E-state index in [0.717, 1.165) is 5.56 Å². The van der Waals surface area contributed by atoms with Gasteiger partial charge in [0.25, 0.3) is 0 Å². The van der Waals surface area contributed by atoms with Crippen molar-refractivity contribution in [3.8, 4) is 11.4 Å². The highest BCUT2D eigenvalue weighted by molar-refractivity contribution is 7.71. The van der Waals surface area contributed by atoms with Gasteiger partial charge in [0.2, 0.25) is 4.77 Å². The minimum atomic E-state index is 0.334. The summed E-state index contributed by atoms with van der Waals surface area (Å²) in [7, 11) is 0. The van der Waals surface area contributed by atoms with Crippen LogP contribution in [0.2, 0.25) is 20.1 Å². The van der Waals surface area contributed by atoms with Crippen molar-refractivity contribution >= 4 is 64.3 Å². The van der Waals surface area contributed by atoms with Crippen LogP contribution in [0.3, 0.4) is 0 Å². The predicted molar refractivity (Wildman–Crippen MR) is 107 cm³/mol. The Hall–Kier alpha value is -1.37. The summed E-state index contributed by atoms with van der Waals surface area (Å²) in [5.74, 6) is 0.478. The van der Waals surface area contributed by atoms with Gasteiger partial charge in [0.15, 0.2) is 5.82 Å². The molecule has 3 aromatic rings. The van der Waals surface area contributed by atoms with E-state index < -0.39 is 0 Å². The minimum absolute atomic E-state index is 0.334. The van der Waals surface area contributed by atoms with E-state index in [1.54, 1.807) is 30.3 Å². The average Bonchev–Trinajstić information content (AvgIpc) is 2.91. The number of aromatic amines is 1. The second-order valence-corrected chi connectivity index (χ2v) is 7.15. The first-order valence-corrected chi connectivity index (χ1v) is 8.92. The SMILES string of the molecule is CC(=Nn1c(-c2ccc(Cl)cc2Cl)n[nH]c1=S)c1ccc(Cl)c(Cl)c1. The number of nitrogens with one attached hydrogen (secondary N) is 1. The van der Waals surface area contributed by atoms with Crippen LogP contribution in [0.4, 0.5) is 0 Å². The van der Waals surface area contributed by atoms with Crippen LogP contribution < -0.4 is 0 Å². The Labute approximate surface area is 169 Å². The fourth-order valence-corrected chi connectivity index (χ4v) is 3.12. The second-order valence-electron chi connectivity index (χ2n) is 5.10. The third-order valence-electron chi connectivity index (χ3n) is 3.41. The predicted octanol–water partition coefficient (Wildman–Crippen LogP) is 6.49. The smallest absolute Gasteiger partial charge is 0.216 e. The lowest BCUT2D eigenvalue weighted by Crippen LogP contribution is -2.02. The van der Waals surface area contributed by atoms with Gasteiger partial charge in [0.1, 0.15) is 0 Å². The molecule has 128 valence electrons. The molecular formula is C16H10Cl4N4S. The van der Waals surface area contributed by atoms with Crippen LogP contribution in [-0.2, 0) is 0 Å². The molecule has 9 heteroatoms. The molecule has 2 aromatic carbocycles. The van der Waals surface area contributed by atoms with E-state index in [-0.39, 0.29) is 0 Å². The van der Waals surface area contributed by atoms with Gasteiger partial charge in [-0.1, -0.05) is 52.5 Å². The third-order valence-corrected chi connectivity index (χ3v) is 4.96. The van der Waals surface area contributed by atoms with Gasteiger partial charge in [-0.2, -0.15) is 14.9 Å². The van der Waals surface area contributed by atoms with Crippen molar-refractivity contribution in [1.29, 1.82) is 0 Å². The van der Waals surface area contributed by atoms with E-state index in [9.17, 15) is 0 Å². The summed E-state index contributed by atoms with van der Waals surface area (Å²) in [4.78, 5) is 0. The van der Waals surface area contributed by atoms with E-state index in [0.29, 0.717) is 42.0 Å². The normalized spacial score (nSPS) is 11.8. The number of aromatic nitrogens is 3. The lowest BCUT2D eigenvalue weighted by molar-refractivity contribution is 0.864. The van der Waals surface area contributed by atoms with Gasteiger partial charge in [-0.3, -0.25) is 0 Å². The molecule has 0 saturated carbocycles.